The Morgan fingerprint density at radius 1 is 1.40 bits per heavy atom. The molecule has 1 aromatic rings. The predicted octanol–water partition coefficient (Wildman–Crippen LogP) is 3.21. The zero-order chi connectivity index (χ0) is 10.9. The van der Waals surface area contributed by atoms with Gasteiger partial charge in [-0.05, 0) is 30.5 Å². The lowest BCUT2D eigenvalue weighted by Gasteiger charge is -2.14. The molecule has 1 aromatic carbocycles. The molecule has 0 amide bonds. The molecule has 0 atom stereocenters. The lowest BCUT2D eigenvalue weighted by molar-refractivity contribution is 0.255. The van der Waals surface area contributed by atoms with Crippen molar-refractivity contribution in [2.24, 2.45) is 0 Å². The van der Waals surface area contributed by atoms with Crippen LogP contribution in [0.5, 0.6) is 0 Å². The highest BCUT2D eigenvalue weighted by molar-refractivity contribution is 7.99. The second-order valence-electron chi connectivity index (χ2n) is 4.63. The van der Waals surface area contributed by atoms with Crippen molar-refractivity contribution in [3.05, 3.63) is 29.8 Å². The van der Waals surface area contributed by atoms with Crippen molar-refractivity contribution in [1.29, 1.82) is 0 Å². The second-order valence-corrected chi connectivity index (χ2v) is 6.28. The highest BCUT2D eigenvalue weighted by Gasteiger charge is 2.43. The van der Waals surface area contributed by atoms with E-state index in [-0.39, 0.29) is 5.41 Å². The Labute approximate surface area is 95.9 Å². The third-order valence-corrected chi connectivity index (χ3v) is 3.97. The molecule has 2 heteroatoms. The monoisotopic (exact) mass is 222 g/mol. The van der Waals surface area contributed by atoms with Gasteiger partial charge in [0.05, 0.1) is 6.61 Å². The summed E-state index contributed by atoms with van der Waals surface area (Å²) in [7, 11) is 0. The van der Waals surface area contributed by atoms with Crippen molar-refractivity contribution in [2.75, 3.05) is 6.61 Å². The molecule has 0 heterocycles. The van der Waals surface area contributed by atoms with Crippen LogP contribution >= 0.6 is 11.8 Å². The largest absolute Gasteiger partial charge is 0.395 e. The fraction of sp³-hybridized carbons (Fsp3) is 0.538. The van der Waals surface area contributed by atoms with Crippen LogP contribution in [0.2, 0.25) is 0 Å². The van der Waals surface area contributed by atoms with Gasteiger partial charge >= 0.3 is 0 Å². The molecule has 1 nitrogen and oxygen atoms in total. The van der Waals surface area contributed by atoms with Crippen LogP contribution < -0.4 is 0 Å². The molecule has 0 bridgehead atoms. The first-order valence-corrected chi connectivity index (χ1v) is 6.42. The zero-order valence-electron chi connectivity index (χ0n) is 9.36. The molecule has 0 spiro atoms. The Hall–Kier alpha value is -0.470. The number of benzene rings is 1. The molecule has 1 fully saturated rings. The maximum Gasteiger partial charge on any atom is 0.0527 e. The highest BCUT2D eigenvalue weighted by atomic mass is 32.2. The highest BCUT2D eigenvalue weighted by Crippen LogP contribution is 2.48. The van der Waals surface area contributed by atoms with Crippen molar-refractivity contribution in [2.45, 2.75) is 42.2 Å². The quantitative estimate of drug-likeness (QED) is 0.789. The number of hydrogen-bond donors (Lipinski definition) is 1. The molecule has 1 N–H and O–H groups in total. The Morgan fingerprint density at radius 2 is 2.13 bits per heavy atom. The third kappa shape index (κ3) is 2.37. The van der Waals surface area contributed by atoms with E-state index in [4.69, 9.17) is 0 Å². The lowest BCUT2D eigenvalue weighted by Crippen LogP contribution is -2.11. The van der Waals surface area contributed by atoms with E-state index < -0.39 is 0 Å². The molecule has 1 aliphatic carbocycles. The molecule has 0 unspecified atom stereocenters. The average molecular weight is 222 g/mol. The normalized spacial score (nSPS) is 18.1. The van der Waals surface area contributed by atoms with Gasteiger partial charge in [-0.25, -0.2) is 0 Å². The van der Waals surface area contributed by atoms with Crippen molar-refractivity contribution in [3.8, 4) is 0 Å². The number of rotatable bonds is 4. The summed E-state index contributed by atoms with van der Waals surface area (Å²) >= 11 is 1.89. The molecule has 1 saturated carbocycles. The van der Waals surface area contributed by atoms with Gasteiger partial charge in [-0.2, -0.15) is 0 Å². The van der Waals surface area contributed by atoms with Crippen molar-refractivity contribution >= 4 is 11.8 Å². The summed E-state index contributed by atoms with van der Waals surface area (Å²) in [6, 6.07) is 8.65. The first-order valence-electron chi connectivity index (χ1n) is 5.54. The number of aliphatic hydroxyl groups excluding tert-OH is 1. The Bertz CT molecular complexity index is 342. The van der Waals surface area contributed by atoms with Crippen LogP contribution in [-0.2, 0) is 5.41 Å². The topological polar surface area (TPSA) is 20.2 Å². The zero-order valence-corrected chi connectivity index (χ0v) is 10.2. The van der Waals surface area contributed by atoms with Gasteiger partial charge in [0.1, 0.15) is 0 Å². The van der Waals surface area contributed by atoms with E-state index in [1.165, 1.54) is 10.5 Å². The minimum absolute atomic E-state index is 0.105. The molecular weight excluding hydrogens is 204 g/mol. The van der Waals surface area contributed by atoms with Gasteiger partial charge in [0.2, 0.25) is 0 Å². The maximum atomic E-state index is 9.38. The van der Waals surface area contributed by atoms with Crippen molar-refractivity contribution in [3.63, 3.8) is 0 Å². The lowest BCUT2D eigenvalue weighted by atomic mass is 9.97. The summed E-state index contributed by atoms with van der Waals surface area (Å²) in [5.74, 6) is 0. The summed E-state index contributed by atoms with van der Waals surface area (Å²) < 4.78 is 0. The van der Waals surface area contributed by atoms with Gasteiger partial charge in [-0.15, -0.1) is 11.8 Å². The number of hydrogen-bond acceptors (Lipinski definition) is 2. The summed E-state index contributed by atoms with van der Waals surface area (Å²) in [6.45, 7) is 4.70. The summed E-state index contributed by atoms with van der Waals surface area (Å²) in [5, 5.41) is 9.99. The van der Waals surface area contributed by atoms with E-state index in [2.05, 4.69) is 38.1 Å². The smallest absolute Gasteiger partial charge is 0.0527 e. The molecule has 0 aromatic heterocycles. The first-order chi connectivity index (χ1) is 7.16. The van der Waals surface area contributed by atoms with Crippen LogP contribution in [0.4, 0.5) is 0 Å². The van der Waals surface area contributed by atoms with E-state index in [1.54, 1.807) is 0 Å². The molecule has 0 radical (unpaired) electrons. The first kappa shape index (κ1) is 11.0. The van der Waals surface area contributed by atoms with Crippen LogP contribution in [0.25, 0.3) is 0 Å². The minimum atomic E-state index is 0.105. The number of thioether (sulfide) groups is 1. The molecule has 15 heavy (non-hydrogen) atoms. The van der Waals surface area contributed by atoms with E-state index in [9.17, 15) is 5.11 Å². The van der Waals surface area contributed by atoms with Crippen LogP contribution in [0.1, 0.15) is 32.3 Å². The average Bonchev–Trinajstić information content (AvgIpc) is 2.97. The van der Waals surface area contributed by atoms with Crippen LogP contribution in [0, 0.1) is 0 Å². The molecule has 1 aliphatic rings. The third-order valence-electron chi connectivity index (χ3n) is 2.97. The van der Waals surface area contributed by atoms with Crippen molar-refractivity contribution < 1.29 is 5.11 Å². The summed E-state index contributed by atoms with van der Waals surface area (Å²) in [5.41, 5.74) is 1.42. The van der Waals surface area contributed by atoms with Gasteiger partial charge in [-0.3, -0.25) is 0 Å². The van der Waals surface area contributed by atoms with E-state index in [1.807, 2.05) is 11.8 Å². The maximum absolute atomic E-state index is 9.38. The second kappa shape index (κ2) is 4.18. The SMILES string of the molecule is CC(C)Sc1cccc(C2(CO)CC2)c1. The van der Waals surface area contributed by atoms with Crippen molar-refractivity contribution in [1.82, 2.24) is 0 Å². The van der Waals surface area contributed by atoms with Crippen LogP contribution in [0.3, 0.4) is 0 Å². The van der Waals surface area contributed by atoms with Crippen LogP contribution in [-0.4, -0.2) is 17.0 Å². The molecule has 0 saturated heterocycles. The van der Waals surface area contributed by atoms with Gasteiger partial charge < -0.3 is 5.11 Å². The Kier molecular flexibility index (Phi) is 3.08. The fourth-order valence-corrected chi connectivity index (χ4v) is 2.76. The predicted molar refractivity (Wildman–Crippen MR) is 65.4 cm³/mol. The molecule has 0 aliphatic heterocycles. The van der Waals surface area contributed by atoms with E-state index in [0.717, 1.165) is 12.8 Å². The van der Waals surface area contributed by atoms with Crippen LogP contribution in [0.15, 0.2) is 29.2 Å². The van der Waals surface area contributed by atoms with Gasteiger partial charge in [0.25, 0.3) is 0 Å². The molecule has 2 rings (SSSR count). The fourth-order valence-electron chi connectivity index (χ4n) is 1.86. The Balaban J connectivity index is 2.19. The van der Waals surface area contributed by atoms with Gasteiger partial charge in [0, 0.05) is 15.6 Å². The standard InChI is InChI=1S/C13H18OS/c1-10(2)15-12-5-3-4-11(8-12)13(9-14)6-7-13/h3-5,8,10,14H,6-7,9H2,1-2H3. The molecular formula is C13H18OS. The van der Waals surface area contributed by atoms with E-state index in [0.29, 0.717) is 11.9 Å². The van der Waals surface area contributed by atoms with Gasteiger partial charge in [-0.1, -0.05) is 26.0 Å². The summed E-state index contributed by atoms with van der Waals surface area (Å²) in [4.78, 5) is 1.32. The Morgan fingerprint density at radius 3 is 2.67 bits per heavy atom. The minimum Gasteiger partial charge on any atom is -0.395 e. The van der Waals surface area contributed by atoms with E-state index >= 15 is 0 Å². The summed E-state index contributed by atoms with van der Waals surface area (Å²) in [6.07, 6.45) is 2.28. The number of aliphatic hydroxyl groups is 1. The molecule has 82 valence electrons. The van der Waals surface area contributed by atoms with Gasteiger partial charge in [0.15, 0.2) is 0 Å².